The molecule has 1 unspecified atom stereocenters. The SMILES string of the molecule is O=C(O)C1CN(C(=O)N(CCO)C2CC2)CCO1. The van der Waals surface area contributed by atoms with Crippen molar-refractivity contribution in [2.45, 2.75) is 25.0 Å². The van der Waals surface area contributed by atoms with Crippen molar-refractivity contribution in [3.05, 3.63) is 0 Å². The van der Waals surface area contributed by atoms with E-state index in [1.807, 2.05) is 0 Å². The van der Waals surface area contributed by atoms with Crippen molar-refractivity contribution in [2.75, 3.05) is 32.8 Å². The van der Waals surface area contributed by atoms with Crippen LogP contribution in [0.1, 0.15) is 12.8 Å². The van der Waals surface area contributed by atoms with Gasteiger partial charge in [-0.15, -0.1) is 0 Å². The third-order valence-electron chi connectivity index (χ3n) is 3.19. The Kier molecular flexibility index (Phi) is 4.03. The molecule has 0 aromatic carbocycles. The molecule has 2 fully saturated rings. The Balaban J connectivity index is 1.96. The molecule has 0 bridgehead atoms. The van der Waals surface area contributed by atoms with Crippen molar-refractivity contribution >= 4 is 12.0 Å². The minimum Gasteiger partial charge on any atom is -0.479 e. The first kappa shape index (κ1) is 13.1. The number of aliphatic hydroxyl groups is 1. The second-order valence-electron chi connectivity index (χ2n) is 4.57. The number of morpholine rings is 1. The number of ether oxygens (including phenoxy) is 1. The Bertz CT molecular complexity index is 331. The molecule has 0 radical (unpaired) electrons. The molecule has 2 aliphatic rings. The van der Waals surface area contributed by atoms with E-state index in [-0.39, 0.29) is 31.8 Å². The van der Waals surface area contributed by atoms with Gasteiger partial charge >= 0.3 is 12.0 Å². The molecule has 0 aromatic heterocycles. The van der Waals surface area contributed by atoms with Gasteiger partial charge in [0.2, 0.25) is 0 Å². The molecular weight excluding hydrogens is 240 g/mol. The number of nitrogens with zero attached hydrogens (tertiary/aromatic N) is 2. The molecule has 18 heavy (non-hydrogen) atoms. The topological polar surface area (TPSA) is 90.3 Å². The minimum atomic E-state index is -1.05. The van der Waals surface area contributed by atoms with Gasteiger partial charge in [0.05, 0.1) is 19.8 Å². The predicted molar refractivity (Wildman–Crippen MR) is 61.2 cm³/mol. The maximum absolute atomic E-state index is 12.2. The lowest BCUT2D eigenvalue weighted by Crippen LogP contribution is -2.53. The lowest BCUT2D eigenvalue weighted by atomic mass is 10.3. The molecule has 102 valence electrons. The summed E-state index contributed by atoms with van der Waals surface area (Å²) in [7, 11) is 0. The van der Waals surface area contributed by atoms with Crippen molar-refractivity contribution in [2.24, 2.45) is 0 Å². The molecule has 1 aliphatic carbocycles. The van der Waals surface area contributed by atoms with E-state index in [4.69, 9.17) is 14.9 Å². The number of carbonyl (C=O) groups is 2. The van der Waals surface area contributed by atoms with E-state index >= 15 is 0 Å². The smallest absolute Gasteiger partial charge is 0.334 e. The number of aliphatic carboxylic acids is 1. The summed E-state index contributed by atoms with van der Waals surface area (Å²) < 4.78 is 5.07. The number of carboxylic acid groups (broad SMARTS) is 1. The van der Waals surface area contributed by atoms with Crippen LogP contribution in [0.25, 0.3) is 0 Å². The quantitative estimate of drug-likeness (QED) is 0.699. The second kappa shape index (κ2) is 5.53. The Morgan fingerprint density at radius 2 is 2.11 bits per heavy atom. The zero-order valence-corrected chi connectivity index (χ0v) is 10.1. The second-order valence-corrected chi connectivity index (χ2v) is 4.57. The van der Waals surface area contributed by atoms with Crippen molar-refractivity contribution in [3.63, 3.8) is 0 Å². The molecule has 2 N–H and O–H groups in total. The van der Waals surface area contributed by atoms with Gasteiger partial charge in [0.15, 0.2) is 6.10 Å². The predicted octanol–water partition coefficient (Wildman–Crippen LogP) is -0.651. The summed E-state index contributed by atoms with van der Waals surface area (Å²) in [4.78, 5) is 26.2. The van der Waals surface area contributed by atoms with Gasteiger partial charge in [0.1, 0.15) is 0 Å². The first-order chi connectivity index (χ1) is 8.63. The molecule has 0 spiro atoms. The van der Waals surface area contributed by atoms with Gasteiger partial charge in [-0.2, -0.15) is 0 Å². The number of hydrogen-bond acceptors (Lipinski definition) is 4. The van der Waals surface area contributed by atoms with Crippen LogP contribution in [0.4, 0.5) is 4.79 Å². The van der Waals surface area contributed by atoms with E-state index in [0.29, 0.717) is 13.1 Å². The zero-order valence-electron chi connectivity index (χ0n) is 10.1. The fraction of sp³-hybridized carbons (Fsp3) is 0.818. The van der Waals surface area contributed by atoms with Gasteiger partial charge in [0.25, 0.3) is 0 Å². The van der Waals surface area contributed by atoms with Crippen LogP contribution in [0.15, 0.2) is 0 Å². The maximum Gasteiger partial charge on any atom is 0.334 e. The molecule has 1 aliphatic heterocycles. The molecule has 2 rings (SSSR count). The Hall–Kier alpha value is -1.34. The summed E-state index contributed by atoms with van der Waals surface area (Å²) in [6, 6.07) is 0.0110. The molecule has 1 atom stereocenters. The number of carboxylic acids is 1. The monoisotopic (exact) mass is 258 g/mol. The zero-order chi connectivity index (χ0) is 13.1. The first-order valence-electron chi connectivity index (χ1n) is 6.14. The Morgan fingerprint density at radius 3 is 2.67 bits per heavy atom. The van der Waals surface area contributed by atoms with E-state index in [1.54, 1.807) is 4.90 Å². The van der Waals surface area contributed by atoms with Crippen LogP contribution in [0, 0.1) is 0 Å². The van der Waals surface area contributed by atoms with Crippen molar-refractivity contribution in [3.8, 4) is 0 Å². The summed E-state index contributed by atoms with van der Waals surface area (Å²) in [5, 5.41) is 17.9. The molecule has 0 aromatic rings. The molecule has 2 amide bonds. The van der Waals surface area contributed by atoms with Crippen LogP contribution in [-0.4, -0.2) is 77.0 Å². The van der Waals surface area contributed by atoms with E-state index in [0.717, 1.165) is 12.8 Å². The van der Waals surface area contributed by atoms with Gasteiger partial charge in [-0.25, -0.2) is 9.59 Å². The minimum absolute atomic E-state index is 0.0722. The highest BCUT2D eigenvalue weighted by Crippen LogP contribution is 2.27. The van der Waals surface area contributed by atoms with Crippen molar-refractivity contribution in [1.29, 1.82) is 0 Å². The molecule has 1 saturated heterocycles. The maximum atomic E-state index is 12.2. The summed E-state index contributed by atoms with van der Waals surface area (Å²) >= 11 is 0. The molecule has 7 heteroatoms. The summed E-state index contributed by atoms with van der Waals surface area (Å²) in [5.41, 5.74) is 0. The van der Waals surface area contributed by atoms with Crippen molar-refractivity contribution < 1.29 is 24.5 Å². The Labute approximate surface area is 105 Å². The molecule has 1 heterocycles. The number of urea groups is 1. The van der Waals surface area contributed by atoms with Crippen molar-refractivity contribution in [1.82, 2.24) is 9.80 Å². The number of aliphatic hydroxyl groups excluding tert-OH is 1. The molecule has 1 saturated carbocycles. The highest BCUT2D eigenvalue weighted by molar-refractivity contribution is 5.78. The van der Waals surface area contributed by atoms with E-state index in [2.05, 4.69) is 0 Å². The van der Waals surface area contributed by atoms with Crippen LogP contribution < -0.4 is 0 Å². The number of hydrogen-bond donors (Lipinski definition) is 2. The number of amides is 2. The average molecular weight is 258 g/mol. The number of rotatable bonds is 4. The normalized spacial score (nSPS) is 23.8. The average Bonchev–Trinajstić information content (AvgIpc) is 3.19. The lowest BCUT2D eigenvalue weighted by molar-refractivity contribution is -0.154. The third kappa shape index (κ3) is 2.91. The highest BCUT2D eigenvalue weighted by atomic mass is 16.5. The van der Waals surface area contributed by atoms with Gasteiger partial charge < -0.3 is 24.7 Å². The summed E-state index contributed by atoms with van der Waals surface area (Å²) in [6.45, 7) is 0.938. The van der Waals surface area contributed by atoms with Gasteiger partial charge in [-0.3, -0.25) is 0 Å². The Morgan fingerprint density at radius 1 is 1.39 bits per heavy atom. The standard InChI is InChI=1S/C11H18N2O5/c14-5-3-13(8-1-2-8)11(17)12-4-6-18-9(7-12)10(15)16/h8-9,14H,1-7H2,(H,15,16). The van der Waals surface area contributed by atoms with Crippen LogP contribution in [-0.2, 0) is 9.53 Å². The van der Waals surface area contributed by atoms with Crippen LogP contribution in [0.3, 0.4) is 0 Å². The molecular formula is C11H18N2O5. The fourth-order valence-electron chi connectivity index (χ4n) is 2.08. The van der Waals surface area contributed by atoms with E-state index < -0.39 is 12.1 Å². The largest absolute Gasteiger partial charge is 0.479 e. The highest BCUT2D eigenvalue weighted by Gasteiger charge is 2.37. The van der Waals surface area contributed by atoms with Gasteiger partial charge in [-0.1, -0.05) is 0 Å². The summed E-state index contributed by atoms with van der Waals surface area (Å²) in [5.74, 6) is -1.05. The van der Waals surface area contributed by atoms with Gasteiger partial charge in [0, 0.05) is 19.1 Å². The van der Waals surface area contributed by atoms with Crippen LogP contribution in [0.2, 0.25) is 0 Å². The van der Waals surface area contributed by atoms with Gasteiger partial charge in [-0.05, 0) is 12.8 Å². The van der Waals surface area contributed by atoms with Crippen LogP contribution >= 0.6 is 0 Å². The lowest BCUT2D eigenvalue weighted by Gasteiger charge is -2.35. The molecule has 7 nitrogen and oxygen atoms in total. The van der Waals surface area contributed by atoms with Crippen LogP contribution in [0.5, 0.6) is 0 Å². The number of carbonyl (C=O) groups excluding carboxylic acids is 1. The third-order valence-corrected chi connectivity index (χ3v) is 3.19. The van der Waals surface area contributed by atoms with E-state index in [9.17, 15) is 9.59 Å². The first-order valence-corrected chi connectivity index (χ1v) is 6.14. The van der Waals surface area contributed by atoms with E-state index in [1.165, 1.54) is 4.90 Å². The summed E-state index contributed by atoms with van der Waals surface area (Å²) in [6.07, 6.45) is 0.967. The fourth-order valence-corrected chi connectivity index (χ4v) is 2.08.